The Morgan fingerprint density at radius 1 is 1.15 bits per heavy atom. The van der Waals surface area contributed by atoms with Gasteiger partial charge in [0.15, 0.2) is 11.5 Å². The van der Waals surface area contributed by atoms with Crippen LogP contribution in [0.15, 0.2) is 42.6 Å². The van der Waals surface area contributed by atoms with Crippen LogP contribution in [0.1, 0.15) is 22.8 Å². The second-order valence-corrected chi connectivity index (χ2v) is 5.09. The summed E-state index contributed by atoms with van der Waals surface area (Å²) in [7, 11) is 2.85. The summed E-state index contributed by atoms with van der Waals surface area (Å²) in [5.41, 5.74) is 1.09. The van der Waals surface area contributed by atoms with Crippen LogP contribution in [0, 0.1) is 0 Å². The lowest BCUT2D eigenvalue weighted by atomic mass is 10.2. The molecule has 0 saturated heterocycles. The molecule has 0 atom stereocenters. The molecule has 7 heteroatoms. The Bertz CT molecular complexity index is 800. The van der Waals surface area contributed by atoms with Crippen LogP contribution in [0.5, 0.6) is 11.5 Å². The van der Waals surface area contributed by atoms with Gasteiger partial charge in [0.05, 0.1) is 26.4 Å². The molecule has 0 aliphatic rings. The number of esters is 1. The molecule has 1 N–H and O–H groups in total. The third-order valence-corrected chi connectivity index (χ3v) is 3.35. The van der Waals surface area contributed by atoms with Gasteiger partial charge < -0.3 is 19.5 Å². The number of methoxy groups -OCH3 is 2. The van der Waals surface area contributed by atoms with Gasteiger partial charge in [-0.05, 0) is 42.8 Å². The molecule has 1 heterocycles. The summed E-state index contributed by atoms with van der Waals surface area (Å²) >= 11 is 0. The molecule has 1 aromatic carbocycles. The van der Waals surface area contributed by atoms with Crippen molar-refractivity contribution < 1.29 is 23.8 Å². The molecule has 0 unspecified atom stereocenters. The number of rotatable bonds is 7. The minimum atomic E-state index is -0.486. The number of carbonyl (C=O) groups excluding carboxylic acids is 2. The minimum Gasteiger partial charge on any atom is -0.493 e. The van der Waals surface area contributed by atoms with E-state index in [-0.39, 0.29) is 5.91 Å². The van der Waals surface area contributed by atoms with Gasteiger partial charge in [0.25, 0.3) is 0 Å². The third kappa shape index (κ3) is 5.07. The number of carbonyl (C=O) groups is 2. The van der Waals surface area contributed by atoms with Gasteiger partial charge in [0, 0.05) is 12.3 Å². The lowest BCUT2D eigenvalue weighted by Crippen LogP contribution is -2.10. The third-order valence-electron chi connectivity index (χ3n) is 3.35. The van der Waals surface area contributed by atoms with Gasteiger partial charge >= 0.3 is 5.97 Å². The SMILES string of the molecule is CCOc1ccc(/C=C/C(=O)Nc2ccc(C(=O)OC)cn2)cc1OC. The Labute approximate surface area is 151 Å². The van der Waals surface area contributed by atoms with Crippen LogP contribution in [0.25, 0.3) is 6.08 Å². The highest BCUT2D eigenvalue weighted by Gasteiger charge is 2.07. The van der Waals surface area contributed by atoms with Crippen LogP contribution >= 0.6 is 0 Å². The van der Waals surface area contributed by atoms with E-state index in [1.165, 1.54) is 31.5 Å². The van der Waals surface area contributed by atoms with Gasteiger partial charge in [-0.15, -0.1) is 0 Å². The van der Waals surface area contributed by atoms with Crippen molar-refractivity contribution >= 4 is 23.8 Å². The fraction of sp³-hybridized carbons (Fsp3) is 0.211. The zero-order valence-electron chi connectivity index (χ0n) is 14.8. The average Bonchev–Trinajstić information content (AvgIpc) is 2.67. The normalized spacial score (nSPS) is 10.4. The molecule has 1 amide bonds. The van der Waals surface area contributed by atoms with Crippen molar-refractivity contribution in [3.63, 3.8) is 0 Å². The first-order chi connectivity index (χ1) is 12.6. The molecule has 2 rings (SSSR count). The maximum atomic E-state index is 12.0. The molecule has 0 aliphatic carbocycles. The maximum Gasteiger partial charge on any atom is 0.339 e. The summed E-state index contributed by atoms with van der Waals surface area (Å²) in [6, 6.07) is 8.43. The summed E-state index contributed by atoms with van der Waals surface area (Å²) in [5, 5.41) is 2.61. The molecule has 136 valence electrons. The van der Waals surface area contributed by atoms with Crippen molar-refractivity contribution in [3.8, 4) is 11.5 Å². The summed E-state index contributed by atoms with van der Waals surface area (Å²) in [6.45, 7) is 2.43. The van der Waals surface area contributed by atoms with E-state index in [0.29, 0.717) is 29.5 Å². The van der Waals surface area contributed by atoms with Crippen molar-refractivity contribution in [1.29, 1.82) is 0 Å². The Morgan fingerprint density at radius 3 is 2.58 bits per heavy atom. The zero-order valence-corrected chi connectivity index (χ0v) is 14.8. The lowest BCUT2D eigenvalue weighted by Gasteiger charge is -2.09. The number of benzene rings is 1. The molecule has 2 aromatic rings. The quantitative estimate of drug-likeness (QED) is 0.606. The smallest absolute Gasteiger partial charge is 0.339 e. The fourth-order valence-corrected chi connectivity index (χ4v) is 2.11. The number of nitrogens with one attached hydrogen (secondary N) is 1. The highest BCUT2D eigenvalue weighted by atomic mass is 16.5. The van der Waals surface area contributed by atoms with Gasteiger partial charge in [-0.2, -0.15) is 0 Å². The van der Waals surface area contributed by atoms with Gasteiger partial charge in [-0.25, -0.2) is 9.78 Å². The van der Waals surface area contributed by atoms with E-state index in [2.05, 4.69) is 15.0 Å². The second kappa shape index (κ2) is 9.22. The molecule has 0 radical (unpaired) electrons. The topological polar surface area (TPSA) is 86.8 Å². The molecule has 0 spiro atoms. The van der Waals surface area contributed by atoms with Crippen molar-refractivity contribution in [2.45, 2.75) is 6.92 Å². The molecule has 0 bridgehead atoms. The first-order valence-corrected chi connectivity index (χ1v) is 7.91. The van der Waals surface area contributed by atoms with Crippen molar-refractivity contribution in [2.75, 3.05) is 26.1 Å². The fourth-order valence-electron chi connectivity index (χ4n) is 2.11. The van der Waals surface area contributed by atoms with Crippen LogP contribution in [-0.4, -0.2) is 37.7 Å². The number of ether oxygens (including phenoxy) is 3. The van der Waals surface area contributed by atoms with E-state index in [9.17, 15) is 9.59 Å². The average molecular weight is 356 g/mol. The number of hydrogen-bond donors (Lipinski definition) is 1. The summed E-state index contributed by atoms with van der Waals surface area (Å²) in [5.74, 6) is 0.730. The molecular formula is C19H20N2O5. The second-order valence-electron chi connectivity index (χ2n) is 5.09. The van der Waals surface area contributed by atoms with Crippen LogP contribution in [0.3, 0.4) is 0 Å². The molecular weight excluding hydrogens is 336 g/mol. The van der Waals surface area contributed by atoms with E-state index in [1.54, 1.807) is 25.3 Å². The van der Waals surface area contributed by atoms with E-state index in [0.717, 1.165) is 5.56 Å². The highest BCUT2D eigenvalue weighted by molar-refractivity contribution is 6.01. The summed E-state index contributed by atoms with van der Waals surface area (Å²) in [6.07, 6.45) is 4.36. The predicted octanol–water partition coefficient (Wildman–Crippen LogP) is 2.93. The van der Waals surface area contributed by atoms with Gasteiger partial charge in [0.1, 0.15) is 5.82 Å². The standard InChI is InChI=1S/C19H20N2O5/c1-4-26-15-8-5-13(11-16(15)24-2)6-10-18(22)21-17-9-7-14(12-20-17)19(23)25-3/h5-12H,4H2,1-3H3,(H,20,21,22)/b10-6+. The molecule has 0 aliphatic heterocycles. The summed E-state index contributed by atoms with van der Waals surface area (Å²) in [4.78, 5) is 27.3. The molecule has 7 nitrogen and oxygen atoms in total. The maximum absolute atomic E-state index is 12.0. The summed E-state index contributed by atoms with van der Waals surface area (Å²) < 4.78 is 15.3. The number of pyridine rings is 1. The van der Waals surface area contributed by atoms with Crippen LogP contribution in [0.2, 0.25) is 0 Å². The predicted molar refractivity (Wildman–Crippen MR) is 97.4 cm³/mol. The zero-order chi connectivity index (χ0) is 18.9. The first-order valence-electron chi connectivity index (χ1n) is 7.91. The van der Waals surface area contributed by atoms with Crippen LogP contribution < -0.4 is 14.8 Å². The van der Waals surface area contributed by atoms with E-state index >= 15 is 0 Å². The molecule has 0 fully saturated rings. The van der Waals surface area contributed by atoms with Crippen molar-refractivity contribution in [3.05, 3.63) is 53.7 Å². The van der Waals surface area contributed by atoms with Gasteiger partial charge in [-0.3, -0.25) is 4.79 Å². The van der Waals surface area contributed by atoms with Gasteiger partial charge in [0.2, 0.25) is 5.91 Å². The van der Waals surface area contributed by atoms with E-state index in [1.807, 2.05) is 13.0 Å². The number of hydrogen-bond acceptors (Lipinski definition) is 6. The number of nitrogens with zero attached hydrogens (tertiary/aromatic N) is 1. The van der Waals surface area contributed by atoms with Crippen molar-refractivity contribution in [2.24, 2.45) is 0 Å². The molecule has 26 heavy (non-hydrogen) atoms. The largest absolute Gasteiger partial charge is 0.493 e. The van der Waals surface area contributed by atoms with Crippen LogP contribution in [-0.2, 0) is 9.53 Å². The Morgan fingerprint density at radius 2 is 1.96 bits per heavy atom. The molecule has 0 saturated carbocycles. The Balaban J connectivity index is 2.02. The highest BCUT2D eigenvalue weighted by Crippen LogP contribution is 2.28. The van der Waals surface area contributed by atoms with Gasteiger partial charge in [-0.1, -0.05) is 6.07 Å². The lowest BCUT2D eigenvalue weighted by molar-refractivity contribution is -0.111. The van der Waals surface area contributed by atoms with E-state index in [4.69, 9.17) is 9.47 Å². The van der Waals surface area contributed by atoms with Crippen molar-refractivity contribution in [1.82, 2.24) is 4.98 Å². The monoisotopic (exact) mass is 356 g/mol. The number of anilines is 1. The number of aromatic nitrogens is 1. The minimum absolute atomic E-state index is 0.308. The Hall–Kier alpha value is -3.35. The Kier molecular flexibility index (Phi) is 6.73. The van der Waals surface area contributed by atoms with E-state index < -0.39 is 5.97 Å². The van der Waals surface area contributed by atoms with Crippen LogP contribution in [0.4, 0.5) is 5.82 Å². The first kappa shape index (κ1) is 19.0. The number of amides is 1. The molecule has 1 aromatic heterocycles.